The zero-order valence-electron chi connectivity index (χ0n) is 19.0. The lowest BCUT2D eigenvalue weighted by Gasteiger charge is -2.34. The van der Waals surface area contributed by atoms with Crippen LogP contribution in [-0.2, 0) is 4.79 Å². The maximum absolute atomic E-state index is 13.2. The van der Waals surface area contributed by atoms with Crippen LogP contribution in [0.4, 0.5) is 11.5 Å². The number of hydrogen-bond donors (Lipinski definition) is 0. The van der Waals surface area contributed by atoms with Gasteiger partial charge in [0.25, 0.3) is 0 Å². The van der Waals surface area contributed by atoms with Gasteiger partial charge in [-0.25, -0.2) is 0 Å². The topological polar surface area (TPSA) is 58.6 Å². The minimum atomic E-state index is 0.0347. The molecule has 1 aliphatic rings. The van der Waals surface area contributed by atoms with E-state index in [1.807, 2.05) is 60.4 Å². The van der Waals surface area contributed by atoms with Crippen molar-refractivity contribution in [2.24, 2.45) is 5.92 Å². The number of benzene rings is 2. The summed E-state index contributed by atoms with van der Waals surface area (Å²) in [6.45, 7) is 6.36. The van der Waals surface area contributed by atoms with Crippen molar-refractivity contribution in [1.82, 2.24) is 10.2 Å². The fourth-order valence-corrected chi connectivity index (χ4v) is 4.33. The summed E-state index contributed by atoms with van der Waals surface area (Å²) in [6.07, 6.45) is 1.63. The van der Waals surface area contributed by atoms with E-state index < -0.39 is 0 Å². The summed E-state index contributed by atoms with van der Waals surface area (Å²) in [5, 5.41) is 8.89. The SMILES string of the molecule is CCN(C(=O)C1CCN(c2ccc(-c3ccccc3OC)nn2)CC1)c1cccc(C)c1. The highest BCUT2D eigenvalue weighted by atomic mass is 16.5. The number of para-hydroxylation sites is 1. The molecule has 32 heavy (non-hydrogen) atoms. The number of piperidine rings is 1. The van der Waals surface area contributed by atoms with Gasteiger partial charge in [0.15, 0.2) is 5.82 Å². The number of nitrogens with zero attached hydrogens (tertiary/aromatic N) is 4. The highest BCUT2D eigenvalue weighted by molar-refractivity contribution is 5.95. The number of aromatic nitrogens is 2. The molecule has 0 spiro atoms. The summed E-state index contributed by atoms with van der Waals surface area (Å²) in [7, 11) is 1.66. The fourth-order valence-electron chi connectivity index (χ4n) is 4.33. The smallest absolute Gasteiger partial charge is 0.230 e. The maximum atomic E-state index is 13.2. The minimum Gasteiger partial charge on any atom is -0.496 e. The number of aryl methyl sites for hydroxylation is 1. The number of hydrogen-bond acceptors (Lipinski definition) is 5. The van der Waals surface area contributed by atoms with E-state index in [-0.39, 0.29) is 11.8 Å². The summed E-state index contributed by atoms with van der Waals surface area (Å²) in [5.41, 5.74) is 3.86. The van der Waals surface area contributed by atoms with Crippen LogP contribution in [0.1, 0.15) is 25.3 Å². The van der Waals surface area contributed by atoms with Crippen LogP contribution >= 0.6 is 0 Å². The summed E-state index contributed by atoms with van der Waals surface area (Å²) in [4.78, 5) is 17.3. The second-order valence-corrected chi connectivity index (χ2v) is 8.16. The van der Waals surface area contributed by atoms with Crippen LogP contribution in [0, 0.1) is 12.8 Å². The Morgan fingerprint density at radius 3 is 2.50 bits per heavy atom. The number of anilines is 2. The molecular formula is C26H30N4O2. The minimum absolute atomic E-state index is 0.0347. The average Bonchev–Trinajstić information content (AvgIpc) is 2.85. The van der Waals surface area contributed by atoms with Gasteiger partial charge in [-0.3, -0.25) is 4.79 Å². The third-order valence-corrected chi connectivity index (χ3v) is 6.10. The van der Waals surface area contributed by atoms with Crippen LogP contribution in [-0.4, -0.2) is 42.8 Å². The van der Waals surface area contributed by atoms with Gasteiger partial charge >= 0.3 is 0 Å². The largest absolute Gasteiger partial charge is 0.496 e. The van der Waals surface area contributed by atoms with Crippen molar-refractivity contribution >= 4 is 17.4 Å². The van der Waals surface area contributed by atoms with Crippen LogP contribution in [0.5, 0.6) is 5.75 Å². The van der Waals surface area contributed by atoms with Gasteiger partial charge in [-0.2, -0.15) is 0 Å². The molecule has 6 nitrogen and oxygen atoms in total. The molecule has 0 atom stereocenters. The first kappa shape index (κ1) is 21.8. The highest BCUT2D eigenvalue weighted by Crippen LogP contribution is 2.30. The Morgan fingerprint density at radius 1 is 1.06 bits per heavy atom. The van der Waals surface area contributed by atoms with Gasteiger partial charge in [-0.15, -0.1) is 10.2 Å². The van der Waals surface area contributed by atoms with Gasteiger partial charge in [-0.1, -0.05) is 24.3 Å². The Labute approximate surface area is 189 Å². The van der Waals surface area contributed by atoms with Crippen molar-refractivity contribution in [3.8, 4) is 17.0 Å². The van der Waals surface area contributed by atoms with Crippen molar-refractivity contribution in [1.29, 1.82) is 0 Å². The van der Waals surface area contributed by atoms with Gasteiger partial charge in [0.05, 0.1) is 12.8 Å². The second-order valence-electron chi connectivity index (χ2n) is 8.16. The molecule has 166 valence electrons. The first-order chi connectivity index (χ1) is 15.6. The Kier molecular flexibility index (Phi) is 6.69. The summed E-state index contributed by atoms with van der Waals surface area (Å²) >= 11 is 0. The lowest BCUT2D eigenvalue weighted by Crippen LogP contribution is -2.43. The second kappa shape index (κ2) is 9.81. The molecule has 0 saturated carbocycles. The van der Waals surface area contributed by atoms with Gasteiger partial charge in [0.2, 0.25) is 5.91 Å². The number of rotatable bonds is 6. The van der Waals surface area contributed by atoms with Crippen LogP contribution in [0.2, 0.25) is 0 Å². The predicted octanol–water partition coefficient (Wildman–Crippen LogP) is 4.73. The average molecular weight is 431 g/mol. The zero-order chi connectivity index (χ0) is 22.5. The highest BCUT2D eigenvalue weighted by Gasteiger charge is 2.29. The van der Waals surface area contributed by atoms with Crippen LogP contribution in [0.15, 0.2) is 60.7 Å². The van der Waals surface area contributed by atoms with E-state index >= 15 is 0 Å². The molecule has 2 aromatic carbocycles. The summed E-state index contributed by atoms with van der Waals surface area (Å²) < 4.78 is 5.43. The van der Waals surface area contributed by atoms with Crippen LogP contribution in [0.3, 0.4) is 0 Å². The number of amides is 1. The molecule has 3 aromatic rings. The molecule has 0 bridgehead atoms. The number of ether oxygens (including phenoxy) is 1. The number of carbonyl (C=O) groups excluding carboxylic acids is 1. The van der Waals surface area contributed by atoms with Crippen molar-refractivity contribution < 1.29 is 9.53 Å². The summed E-state index contributed by atoms with van der Waals surface area (Å²) in [5.74, 6) is 1.88. The summed E-state index contributed by atoms with van der Waals surface area (Å²) in [6, 6.07) is 19.9. The quantitative estimate of drug-likeness (QED) is 0.566. The molecule has 4 rings (SSSR count). The Hall–Kier alpha value is -3.41. The van der Waals surface area contributed by atoms with E-state index in [2.05, 4.69) is 34.2 Å². The molecule has 2 heterocycles. The molecule has 1 amide bonds. The van der Waals surface area contributed by atoms with E-state index in [1.54, 1.807) is 7.11 Å². The van der Waals surface area contributed by atoms with E-state index in [0.29, 0.717) is 6.54 Å². The van der Waals surface area contributed by atoms with E-state index in [9.17, 15) is 4.79 Å². The normalized spacial score (nSPS) is 14.3. The lowest BCUT2D eigenvalue weighted by atomic mass is 9.95. The van der Waals surface area contributed by atoms with E-state index in [4.69, 9.17) is 4.74 Å². The molecular weight excluding hydrogens is 400 g/mol. The molecule has 0 N–H and O–H groups in total. The zero-order valence-corrected chi connectivity index (χ0v) is 19.0. The lowest BCUT2D eigenvalue weighted by molar-refractivity contribution is -0.122. The number of carbonyl (C=O) groups is 1. The molecule has 0 radical (unpaired) electrons. The Morgan fingerprint density at radius 2 is 1.84 bits per heavy atom. The van der Waals surface area contributed by atoms with Crippen LogP contribution < -0.4 is 14.5 Å². The first-order valence-electron chi connectivity index (χ1n) is 11.2. The fraction of sp³-hybridized carbons (Fsp3) is 0.346. The third kappa shape index (κ3) is 4.59. The Bertz CT molecular complexity index is 1060. The molecule has 6 heteroatoms. The molecule has 1 aromatic heterocycles. The van der Waals surface area contributed by atoms with Gasteiger partial charge in [0.1, 0.15) is 5.75 Å². The molecule has 1 saturated heterocycles. The number of methoxy groups -OCH3 is 1. The van der Waals surface area contributed by atoms with Crippen molar-refractivity contribution in [2.75, 3.05) is 36.5 Å². The van der Waals surface area contributed by atoms with Gasteiger partial charge < -0.3 is 14.5 Å². The van der Waals surface area contributed by atoms with Gasteiger partial charge in [-0.05, 0) is 68.7 Å². The maximum Gasteiger partial charge on any atom is 0.230 e. The monoisotopic (exact) mass is 430 g/mol. The Balaban J connectivity index is 1.40. The molecule has 1 aliphatic heterocycles. The third-order valence-electron chi connectivity index (χ3n) is 6.10. The van der Waals surface area contributed by atoms with Crippen molar-refractivity contribution in [3.05, 3.63) is 66.2 Å². The van der Waals surface area contributed by atoms with E-state index in [0.717, 1.165) is 54.4 Å². The van der Waals surface area contributed by atoms with E-state index in [1.165, 1.54) is 5.56 Å². The van der Waals surface area contributed by atoms with Crippen molar-refractivity contribution in [2.45, 2.75) is 26.7 Å². The van der Waals surface area contributed by atoms with Gasteiger partial charge in [0, 0.05) is 36.8 Å². The van der Waals surface area contributed by atoms with Crippen LogP contribution in [0.25, 0.3) is 11.3 Å². The molecule has 0 aliphatic carbocycles. The first-order valence-corrected chi connectivity index (χ1v) is 11.2. The molecule has 1 fully saturated rings. The standard InChI is InChI=1S/C26H30N4O2/c1-4-30(21-9-7-8-19(2)18-21)26(31)20-14-16-29(17-15-20)25-13-12-23(27-28-25)22-10-5-6-11-24(22)32-3/h5-13,18,20H,4,14-17H2,1-3H3. The molecule has 0 unspecified atom stereocenters. The predicted molar refractivity (Wildman–Crippen MR) is 128 cm³/mol. The van der Waals surface area contributed by atoms with Crippen molar-refractivity contribution in [3.63, 3.8) is 0 Å².